The van der Waals surface area contributed by atoms with Gasteiger partial charge in [0.25, 0.3) is 0 Å². The van der Waals surface area contributed by atoms with Crippen molar-refractivity contribution in [3.8, 4) is 0 Å². The first kappa shape index (κ1) is 16.2. The predicted octanol–water partition coefficient (Wildman–Crippen LogP) is 1.51. The van der Waals surface area contributed by atoms with Crippen molar-refractivity contribution >= 4 is 17.5 Å². The third kappa shape index (κ3) is 4.35. The fourth-order valence-electron chi connectivity index (χ4n) is 1.92. The summed E-state index contributed by atoms with van der Waals surface area (Å²) in [5.74, 6) is -1.29. The van der Waals surface area contributed by atoms with Crippen LogP contribution in [-0.2, 0) is 27.2 Å². The van der Waals surface area contributed by atoms with Crippen LogP contribution in [0.15, 0.2) is 18.2 Å². The standard InChI is InChI=1S/C15H22N2O3/c1-4-11-7-6-8-12(5-2)13(11)17-15(19)14(18)16-9-10-20-3/h6-8H,4-5,9-10H2,1-3H3,(H,16,18)(H,17,19). The highest BCUT2D eigenvalue weighted by molar-refractivity contribution is 6.39. The van der Waals surface area contributed by atoms with E-state index in [2.05, 4.69) is 10.6 Å². The number of carbonyl (C=O) groups excluding carboxylic acids is 2. The maximum Gasteiger partial charge on any atom is 0.313 e. The molecule has 0 aliphatic heterocycles. The molecule has 0 aliphatic carbocycles. The Morgan fingerprint density at radius 2 is 1.70 bits per heavy atom. The highest BCUT2D eigenvalue weighted by Gasteiger charge is 2.16. The van der Waals surface area contributed by atoms with Crippen LogP contribution in [0.25, 0.3) is 0 Å². The first-order chi connectivity index (χ1) is 9.63. The van der Waals surface area contributed by atoms with Gasteiger partial charge in [0.05, 0.1) is 6.61 Å². The zero-order valence-corrected chi connectivity index (χ0v) is 12.3. The summed E-state index contributed by atoms with van der Waals surface area (Å²) < 4.78 is 4.82. The highest BCUT2D eigenvalue weighted by Crippen LogP contribution is 2.22. The number of ether oxygens (including phenoxy) is 1. The number of para-hydroxylation sites is 1. The minimum absolute atomic E-state index is 0.318. The summed E-state index contributed by atoms with van der Waals surface area (Å²) >= 11 is 0. The van der Waals surface area contributed by atoms with Crippen LogP contribution in [-0.4, -0.2) is 32.1 Å². The molecule has 1 aromatic carbocycles. The van der Waals surface area contributed by atoms with Crippen molar-refractivity contribution in [1.82, 2.24) is 5.32 Å². The summed E-state index contributed by atoms with van der Waals surface area (Å²) in [6.45, 7) is 4.73. The van der Waals surface area contributed by atoms with E-state index in [4.69, 9.17) is 4.74 Å². The lowest BCUT2D eigenvalue weighted by Crippen LogP contribution is -2.37. The molecule has 0 aliphatic rings. The molecule has 1 rings (SSSR count). The lowest BCUT2D eigenvalue weighted by molar-refractivity contribution is -0.136. The van der Waals surface area contributed by atoms with Gasteiger partial charge < -0.3 is 15.4 Å². The second-order valence-corrected chi connectivity index (χ2v) is 4.36. The van der Waals surface area contributed by atoms with Gasteiger partial charge in [0.2, 0.25) is 0 Å². The Balaban J connectivity index is 2.77. The van der Waals surface area contributed by atoms with Gasteiger partial charge in [-0.15, -0.1) is 0 Å². The van der Waals surface area contributed by atoms with E-state index in [9.17, 15) is 9.59 Å². The highest BCUT2D eigenvalue weighted by atomic mass is 16.5. The molecular weight excluding hydrogens is 256 g/mol. The minimum atomic E-state index is -0.644. The Kier molecular flexibility index (Phi) is 6.73. The first-order valence-electron chi connectivity index (χ1n) is 6.82. The number of benzene rings is 1. The van der Waals surface area contributed by atoms with Crippen molar-refractivity contribution in [2.45, 2.75) is 26.7 Å². The van der Waals surface area contributed by atoms with Crippen LogP contribution >= 0.6 is 0 Å². The topological polar surface area (TPSA) is 67.4 Å². The Labute approximate surface area is 119 Å². The zero-order valence-electron chi connectivity index (χ0n) is 12.3. The summed E-state index contributed by atoms with van der Waals surface area (Å²) in [6, 6.07) is 5.88. The molecule has 0 fully saturated rings. The molecule has 2 N–H and O–H groups in total. The number of anilines is 1. The quantitative estimate of drug-likeness (QED) is 0.612. The number of nitrogens with one attached hydrogen (secondary N) is 2. The monoisotopic (exact) mass is 278 g/mol. The van der Waals surface area contributed by atoms with Crippen LogP contribution in [0, 0.1) is 0 Å². The Bertz CT molecular complexity index is 450. The smallest absolute Gasteiger partial charge is 0.313 e. The average Bonchev–Trinajstić information content (AvgIpc) is 2.47. The maximum absolute atomic E-state index is 11.9. The number of aryl methyl sites for hydroxylation is 2. The number of methoxy groups -OCH3 is 1. The van der Waals surface area contributed by atoms with E-state index in [-0.39, 0.29) is 0 Å². The minimum Gasteiger partial charge on any atom is -0.383 e. The van der Waals surface area contributed by atoms with Crippen LogP contribution in [0.2, 0.25) is 0 Å². The zero-order chi connectivity index (χ0) is 15.0. The lowest BCUT2D eigenvalue weighted by atomic mass is 10.0. The number of hydrogen-bond donors (Lipinski definition) is 2. The SMILES string of the molecule is CCc1cccc(CC)c1NC(=O)C(=O)NCCOC. The molecule has 0 saturated carbocycles. The van der Waals surface area contributed by atoms with Gasteiger partial charge in [-0.2, -0.15) is 0 Å². The van der Waals surface area contributed by atoms with E-state index in [0.29, 0.717) is 13.2 Å². The van der Waals surface area contributed by atoms with E-state index in [1.165, 1.54) is 7.11 Å². The van der Waals surface area contributed by atoms with Crippen molar-refractivity contribution in [3.05, 3.63) is 29.3 Å². The largest absolute Gasteiger partial charge is 0.383 e. The van der Waals surface area contributed by atoms with E-state index in [1.54, 1.807) is 0 Å². The third-order valence-electron chi connectivity index (χ3n) is 3.04. The van der Waals surface area contributed by atoms with Crippen molar-refractivity contribution in [3.63, 3.8) is 0 Å². The number of rotatable bonds is 6. The number of hydrogen-bond acceptors (Lipinski definition) is 3. The van der Waals surface area contributed by atoms with Crippen LogP contribution < -0.4 is 10.6 Å². The summed E-state index contributed by atoms with van der Waals surface area (Å²) in [7, 11) is 1.54. The molecule has 0 atom stereocenters. The van der Waals surface area contributed by atoms with Gasteiger partial charge in [-0.05, 0) is 24.0 Å². The third-order valence-corrected chi connectivity index (χ3v) is 3.04. The van der Waals surface area contributed by atoms with Crippen molar-refractivity contribution < 1.29 is 14.3 Å². The van der Waals surface area contributed by atoms with Crippen molar-refractivity contribution in [1.29, 1.82) is 0 Å². The molecule has 0 radical (unpaired) electrons. The van der Waals surface area contributed by atoms with E-state index >= 15 is 0 Å². The van der Waals surface area contributed by atoms with E-state index in [1.807, 2.05) is 32.0 Å². The summed E-state index contributed by atoms with van der Waals surface area (Å²) in [6.07, 6.45) is 1.60. The Hall–Kier alpha value is -1.88. The average molecular weight is 278 g/mol. The summed E-state index contributed by atoms with van der Waals surface area (Å²) in [4.78, 5) is 23.5. The first-order valence-corrected chi connectivity index (χ1v) is 6.82. The Morgan fingerprint density at radius 1 is 1.10 bits per heavy atom. The van der Waals surface area contributed by atoms with E-state index in [0.717, 1.165) is 29.7 Å². The normalized spacial score (nSPS) is 10.2. The molecule has 0 saturated heterocycles. The van der Waals surface area contributed by atoms with Crippen LogP contribution in [0.1, 0.15) is 25.0 Å². The second kappa shape index (κ2) is 8.32. The molecule has 20 heavy (non-hydrogen) atoms. The lowest BCUT2D eigenvalue weighted by Gasteiger charge is -2.14. The molecule has 5 nitrogen and oxygen atoms in total. The van der Waals surface area contributed by atoms with Crippen molar-refractivity contribution in [2.24, 2.45) is 0 Å². The molecule has 0 spiro atoms. The van der Waals surface area contributed by atoms with Crippen molar-refractivity contribution in [2.75, 3.05) is 25.6 Å². The molecule has 0 heterocycles. The molecule has 0 unspecified atom stereocenters. The maximum atomic E-state index is 11.9. The van der Waals surface area contributed by atoms with Crippen LogP contribution in [0.5, 0.6) is 0 Å². The summed E-state index contributed by atoms with van der Waals surface area (Å²) in [5, 5.41) is 5.22. The molecule has 2 amide bonds. The fraction of sp³-hybridized carbons (Fsp3) is 0.467. The van der Waals surface area contributed by atoms with Gasteiger partial charge in [0.15, 0.2) is 0 Å². The molecule has 1 aromatic rings. The van der Waals surface area contributed by atoms with Gasteiger partial charge in [-0.1, -0.05) is 32.0 Å². The van der Waals surface area contributed by atoms with Crippen LogP contribution in [0.4, 0.5) is 5.69 Å². The summed E-state index contributed by atoms with van der Waals surface area (Å²) in [5.41, 5.74) is 2.81. The Morgan fingerprint density at radius 3 is 2.20 bits per heavy atom. The van der Waals surface area contributed by atoms with Crippen LogP contribution in [0.3, 0.4) is 0 Å². The van der Waals surface area contributed by atoms with E-state index < -0.39 is 11.8 Å². The molecule has 0 aromatic heterocycles. The molecule has 0 bridgehead atoms. The molecule has 110 valence electrons. The number of amides is 2. The predicted molar refractivity (Wildman–Crippen MR) is 78.7 cm³/mol. The number of carbonyl (C=O) groups is 2. The van der Waals surface area contributed by atoms with Gasteiger partial charge in [-0.25, -0.2) is 0 Å². The van der Waals surface area contributed by atoms with Gasteiger partial charge in [0, 0.05) is 19.3 Å². The van der Waals surface area contributed by atoms with Gasteiger partial charge in [0.1, 0.15) is 0 Å². The fourth-order valence-corrected chi connectivity index (χ4v) is 1.92. The molecule has 5 heteroatoms. The second-order valence-electron chi connectivity index (χ2n) is 4.36. The van der Waals surface area contributed by atoms with Gasteiger partial charge >= 0.3 is 11.8 Å². The molecular formula is C15H22N2O3. The van der Waals surface area contributed by atoms with Gasteiger partial charge in [-0.3, -0.25) is 9.59 Å².